The molecule has 1 amide bonds. The Balaban J connectivity index is 1.87. The van der Waals surface area contributed by atoms with E-state index in [1.54, 1.807) is 4.90 Å². The van der Waals surface area contributed by atoms with Crippen LogP contribution in [0.25, 0.3) is 0 Å². The Morgan fingerprint density at radius 1 is 1.09 bits per heavy atom. The zero-order valence-corrected chi connectivity index (χ0v) is 12.8. The minimum Gasteiger partial charge on any atom is -0.494 e. The van der Waals surface area contributed by atoms with E-state index < -0.39 is 6.04 Å². The summed E-state index contributed by atoms with van der Waals surface area (Å²) in [6, 6.07) is 15.1. The van der Waals surface area contributed by atoms with E-state index in [0.29, 0.717) is 6.61 Å². The lowest BCUT2D eigenvalue weighted by Crippen LogP contribution is -2.63. The second-order valence-electron chi connectivity index (χ2n) is 5.52. The molecule has 2 aromatic rings. The average Bonchev–Trinajstić information content (AvgIpc) is 2.54. The van der Waals surface area contributed by atoms with Gasteiger partial charge in [-0.1, -0.05) is 29.8 Å². The number of hydrogen-bond donors (Lipinski definition) is 1. The molecule has 0 aromatic heterocycles. The molecule has 1 fully saturated rings. The Kier molecular flexibility index (Phi) is 3.86. The molecule has 0 unspecified atom stereocenters. The molecule has 0 spiro atoms. The highest BCUT2D eigenvalue weighted by Gasteiger charge is 2.46. The van der Waals surface area contributed by atoms with Crippen molar-refractivity contribution in [3.8, 4) is 5.75 Å². The predicted molar refractivity (Wildman–Crippen MR) is 87.0 cm³/mol. The molecule has 1 saturated heterocycles. The largest absolute Gasteiger partial charge is 0.494 e. The van der Waals surface area contributed by atoms with Crippen molar-refractivity contribution >= 4 is 11.6 Å². The first kappa shape index (κ1) is 14.6. The van der Waals surface area contributed by atoms with Gasteiger partial charge in [-0.05, 0) is 43.7 Å². The first-order valence-electron chi connectivity index (χ1n) is 7.50. The highest BCUT2D eigenvalue weighted by atomic mass is 16.5. The number of aryl methyl sites for hydroxylation is 1. The summed E-state index contributed by atoms with van der Waals surface area (Å²) in [5.41, 5.74) is 9.13. The summed E-state index contributed by atoms with van der Waals surface area (Å²) in [5.74, 6) is 0.755. The predicted octanol–water partition coefficient (Wildman–Crippen LogP) is 2.81. The van der Waals surface area contributed by atoms with Crippen LogP contribution in [0.5, 0.6) is 5.75 Å². The highest BCUT2D eigenvalue weighted by Crippen LogP contribution is 2.38. The van der Waals surface area contributed by atoms with Crippen molar-refractivity contribution in [3.63, 3.8) is 0 Å². The van der Waals surface area contributed by atoms with E-state index in [0.717, 1.165) is 17.0 Å². The first-order valence-corrected chi connectivity index (χ1v) is 7.50. The van der Waals surface area contributed by atoms with Gasteiger partial charge in [-0.25, -0.2) is 0 Å². The van der Waals surface area contributed by atoms with E-state index in [1.165, 1.54) is 5.56 Å². The van der Waals surface area contributed by atoms with Crippen molar-refractivity contribution in [2.24, 2.45) is 5.73 Å². The molecular formula is C18H20N2O2. The van der Waals surface area contributed by atoms with Gasteiger partial charge in [0.1, 0.15) is 11.8 Å². The Morgan fingerprint density at radius 3 is 2.32 bits per heavy atom. The zero-order valence-electron chi connectivity index (χ0n) is 12.8. The number of anilines is 1. The van der Waals surface area contributed by atoms with E-state index >= 15 is 0 Å². The topological polar surface area (TPSA) is 55.6 Å². The zero-order chi connectivity index (χ0) is 15.7. The lowest BCUT2D eigenvalue weighted by atomic mass is 9.88. The van der Waals surface area contributed by atoms with Crippen LogP contribution in [0.15, 0.2) is 48.5 Å². The standard InChI is InChI=1S/C18H20N2O2/c1-3-22-15-10-8-14(9-11-15)20-17(16(19)18(20)21)13-6-4-12(2)5-7-13/h4-11,16-17H,3,19H2,1-2H3/t16-,17-/m1/s1. The van der Waals surface area contributed by atoms with Crippen molar-refractivity contribution in [1.82, 2.24) is 0 Å². The fraction of sp³-hybridized carbons (Fsp3) is 0.278. The molecule has 0 radical (unpaired) electrons. The molecule has 2 N–H and O–H groups in total. The maximum atomic E-state index is 12.2. The summed E-state index contributed by atoms with van der Waals surface area (Å²) in [7, 11) is 0. The summed E-state index contributed by atoms with van der Waals surface area (Å²) >= 11 is 0. The molecule has 0 bridgehead atoms. The molecule has 114 valence electrons. The third-order valence-electron chi connectivity index (χ3n) is 3.99. The van der Waals surface area contributed by atoms with E-state index in [-0.39, 0.29) is 11.9 Å². The Labute approximate surface area is 130 Å². The van der Waals surface area contributed by atoms with E-state index in [4.69, 9.17) is 10.5 Å². The van der Waals surface area contributed by atoms with E-state index in [1.807, 2.05) is 62.4 Å². The van der Waals surface area contributed by atoms with Gasteiger partial charge in [-0.2, -0.15) is 0 Å². The molecule has 3 rings (SSSR count). The first-order chi connectivity index (χ1) is 10.6. The van der Waals surface area contributed by atoms with Crippen LogP contribution in [0.3, 0.4) is 0 Å². The lowest BCUT2D eigenvalue weighted by molar-refractivity contribution is -0.126. The molecule has 1 heterocycles. The van der Waals surface area contributed by atoms with E-state index in [9.17, 15) is 4.79 Å². The number of β-lactam (4-membered cyclic amide) rings is 1. The quantitative estimate of drug-likeness (QED) is 0.883. The second-order valence-corrected chi connectivity index (χ2v) is 5.52. The van der Waals surface area contributed by atoms with Gasteiger partial charge in [0.15, 0.2) is 0 Å². The third-order valence-corrected chi connectivity index (χ3v) is 3.99. The van der Waals surface area contributed by atoms with Crippen molar-refractivity contribution in [1.29, 1.82) is 0 Å². The molecule has 1 aliphatic rings. The number of hydrogen-bond acceptors (Lipinski definition) is 3. The van der Waals surface area contributed by atoms with Crippen molar-refractivity contribution in [3.05, 3.63) is 59.7 Å². The van der Waals surface area contributed by atoms with Gasteiger partial charge in [0.05, 0.1) is 12.6 Å². The monoisotopic (exact) mass is 296 g/mol. The van der Waals surface area contributed by atoms with Gasteiger partial charge in [0.2, 0.25) is 5.91 Å². The summed E-state index contributed by atoms with van der Waals surface area (Å²) < 4.78 is 5.44. The number of benzene rings is 2. The van der Waals surface area contributed by atoms with Crippen LogP contribution < -0.4 is 15.4 Å². The minimum absolute atomic E-state index is 0.0465. The fourth-order valence-electron chi connectivity index (χ4n) is 2.79. The molecule has 1 aliphatic heterocycles. The number of nitrogens with two attached hydrogens (primary N) is 1. The SMILES string of the molecule is CCOc1ccc(N2C(=O)[C@H](N)[C@H]2c2ccc(C)cc2)cc1. The molecule has 4 nitrogen and oxygen atoms in total. The molecule has 4 heteroatoms. The van der Waals surface area contributed by atoms with Gasteiger partial charge in [0, 0.05) is 5.69 Å². The molecule has 2 atom stereocenters. The number of rotatable bonds is 4. The van der Waals surface area contributed by atoms with Crippen LogP contribution in [0.1, 0.15) is 24.1 Å². The fourth-order valence-corrected chi connectivity index (χ4v) is 2.79. The number of amides is 1. The van der Waals surface area contributed by atoms with Crippen molar-refractivity contribution in [2.75, 3.05) is 11.5 Å². The maximum absolute atomic E-state index is 12.2. The van der Waals surface area contributed by atoms with Gasteiger partial charge >= 0.3 is 0 Å². The summed E-state index contributed by atoms with van der Waals surface area (Å²) in [5, 5.41) is 0. The second kappa shape index (κ2) is 5.81. The average molecular weight is 296 g/mol. The molecule has 0 aliphatic carbocycles. The van der Waals surface area contributed by atoms with Crippen LogP contribution >= 0.6 is 0 Å². The summed E-state index contributed by atoms with van der Waals surface area (Å²) in [4.78, 5) is 13.9. The van der Waals surface area contributed by atoms with E-state index in [2.05, 4.69) is 0 Å². The minimum atomic E-state index is -0.478. The van der Waals surface area contributed by atoms with Gasteiger partial charge in [0.25, 0.3) is 0 Å². The van der Waals surface area contributed by atoms with Crippen LogP contribution in [0, 0.1) is 6.92 Å². The molecule has 0 saturated carbocycles. The third kappa shape index (κ3) is 2.46. The van der Waals surface area contributed by atoms with Crippen LogP contribution in [0.4, 0.5) is 5.69 Å². The molecule has 22 heavy (non-hydrogen) atoms. The Morgan fingerprint density at radius 2 is 1.73 bits per heavy atom. The van der Waals surface area contributed by atoms with Crippen LogP contribution in [-0.2, 0) is 4.79 Å². The maximum Gasteiger partial charge on any atom is 0.247 e. The smallest absolute Gasteiger partial charge is 0.247 e. The van der Waals surface area contributed by atoms with Crippen LogP contribution in [0.2, 0.25) is 0 Å². The van der Waals surface area contributed by atoms with Gasteiger partial charge in [-0.3, -0.25) is 4.79 Å². The van der Waals surface area contributed by atoms with Gasteiger partial charge in [-0.15, -0.1) is 0 Å². The van der Waals surface area contributed by atoms with Crippen molar-refractivity contribution in [2.45, 2.75) is 25.9 Å². The normalized spacial score (nSPS) is 20.7. The van der Waals surface area contributed by atoms with Gasteiger partial charge < -0.3 is 15.4 Å². The summed E-state index contributed by atoms with van der Waals surface area (Å²) in [6.45, 7) is 4.61. The number of ether oxygens (including phenoxy) is 1. The number of carbonyl (C=O) groups excluding carboxylic acids is 1. The van der Waals surface area contributed by atoms with Crippen molar-refractivity contribution < 1.29 is 9.53 Å². The lowest BCUT2D eigenvalue weighted by Gasteiger charge is -2.45. The molecular weight excluding hydrogens is 276 g/mol. The Bertz CT molecular complexity index is 664. The number of nitrogens with zero attached hydrogens (tertiary/aromatic N) is 1. The highest BCUT2D eigenvalue weighted by molar-refractivity contribution is 6.05. The van der Waals surface area contributed by atoms with Crippen LogP contribution in [-0.4, -0.2) is 18.6 Å². The molecule has 2 aromatic carbocycles. The number of carbonyl (C=O) groups is 1. The Hall–Kier alpha value is -2.33. The summed E-state index contributed by atoms with van der Waals surface area (Å²) in [6.07, 6.45) is 0.